The molecule has 0 aromatic heterocycles. The maximum atomic E-state index is 13.3. The number of nitrogens with zero attached hydrogens (tertiary/aromatic N) is 2. The molecular weight excluding hydrogens is 476 g/mol. The number of carbonyl (C=O) groups excluding carboxylic acids is 1. The second-order valence-corrected chi connectivity index (χ2v) is 9.47. The molecule has 0 aliphatic rings. The number of anilines is 1. The quantitative estimate of drug-likeness (QED) is 0.379. The summed E-state index contributed by atoms with van der Waals surface area (Å²) >= 11 is 11.9. The normalized spacial score (nSPS) is 11.5. The van der Waals surface area contributed by atoms with Gasteiger partial charge in [-0.05, 0) is 55.5 Å². The smallest absolute Gasteiger partial charge is 0.264 e. The summed E-state index contributed by atoms with van der Waals surface area (Å²) in [6.45, 7) is 1.31. The maximum absolute atomic E-state index is 13.3. The number of rotatable bonds is 7. The van der Waals surface area contributed by atoms with E-state index in [0.717, 1.165) is 34.1 Å². The molecule has 0 fully saturated rings. The van der Waals surface area contributed by atoms with Gasteiger partial charge in [0.15, 0.2) is 0 Å². The molecule has 1 amide bonds. The summed E-state index contributed by atoms with van der Waals surface area (Å²) in [4.78, 5) is 12.4. The number of aryl methyl sites for hydroxylation is 1. The SMILES string of the molecule is Cc1ccc(N(CC(=O)N/N=C\c2ccc(Cl)cc2Cl)S(=O)(=O)c2ccc(F)cc2)cc1. The van der Waals surface area contributed by atoms with E-state index in [1.54, 1.807) is 36.4 Å². The molecule has 0 saturated heterocycles. The number of nitrogens with one attached hydrogen (secondary N) is 1. The zero-order chi connectivity index (χ0) is 23.3. The molecule has 0 bridgehead atoms. The maximum Gasteiger partial charge on any atom is 0.264 e. The number of hydrogen-bond acceptors (Lipinski definition) is 4. The largest absolute Gasteiger partial charge is 0.271 e. The standard InChI is InChI=1S/C22H18Cl2FN3O3S/c1-15-2-8-19(9-3-15)28(32(30,31)20-10-6-18(25)7-11-20)14-22(29)27-26-13-16-4-5-17(23)12-21(16)24/h2-13H,14H2,1H3,(H,27,29)/b26-13-. The van der Waals surface area contributed by atoms with E-state index in [-0.39, 0.29) is 10.6 Å². The van der Waals surface area contributed by atoms with Gasteiger partial charge in [-0.2, -0.15) is 5.10 Å². The Labute approximate surface area is 195 Å². The van der Waals surface area contributed by atoms with Gasteiger partial charge in [-0.25, -0.2) is 18.2 Å². The van der Waals surface area contributed by atoms with Crippen molar-refractivity contribution in [1.82, 2.24) is 5.43 Å². The molecule has 10 heteroatoms. The van der Waals surface area contributed by atoms with Gasteiger partial charge in [-0.3, -0.25) is 9.10 Å². The minimum Gasteiger partial charge on any atom is -0.271 e. The Morgan fingerprint density at radius 3 is 2.34 bits per heavy atom. The van der Waals surface area contributed by atoms with Gasteiger partial charge in [0.25, 0.3) is 15.9 Å². The van der Waals surface area contributed by atoms with E-state index in [0.29, 0.717) is 15.6 Å². The van der Waals surface area contributed by atoms with E-state index in [9.17, 15) is 17.6 Å². The lowest BCUT2D eigenvalue weighted by atomic mass is 10.2. The van der Waals surface area contributed by atoms with Crippen molar-refractivity contribution in [3.63, 3.8) is 0 Å². The lowest BCUT2D eigenvalue weighted by Gasteiger charge is -2.23. The molecule has 0 heterocycles. The highest BCUT2D eigenvalue weighted by Gasteiger charge is 2.27. The molecule has 3 aromatic carbocycles. The summed E-state index contributed by atoms with van der Waals surface area (Å²) in [5, 5.41) is 4.63. The molecule has 0 unspecified atom stereocenters. The first-order valence-corrected chi connectivity index (χ1v) is 11.5. The molecule has 1 N–H and O–H groups in total. The number of hydrazone groups is 1. The van der Waals surface area contributed by atoms with Crippen molar-refractivity contribution >= 4 is 51.0 Å². The summed E-state index contributed by atoms with van der Waals surface area (Å²) in [7, 11) is -4.15. The molecule has 3 aromatic rings. The first-order valence-electron chi connectivity index (χ1n) is 9.29. The van der Waals surface area contributed by atoms with Gasteiger partial charge in [0.2, 0.25) is 0 Å². The van der Waals surface area contributed by atoms with E-state index in [1.165, 1.54) is 12.3 Å². The second-order valence-electron chi connectivity index (χ2n) is 6.76. The van der Waals surface area contributed by atoms with Crippen LogP contribution in [0.2, 0.25) is 10.0 Å². The van der Waals surface area contributed by atoms with Crippen LogP contribution in [0.25, 0.3) is 0 Å². The van der Waals surface area contributed by atoms with Crippen LogP contribution in [-0.4, -0.2) is 27.1 Å². The van der Waals surface area contributed by atoms with Crippen molar-refractivity contribution in [3.05, 3.63) is 93.7 Å². The average Bonchev–Trinajstić information content (AvgIpc) is 2.74. The van der Waals surface area contributed by atoms with Crippen LogP contribution >= 0.6 is 23.2 Å². The summed E-state index contributed by atoms with van der Waals surface area (Å²) in [6, 6.07) is 15.8. The van der Waals surface area contributed by atoms with Crippen LogP contribution in [0, 0.1) is 12.7 Å². The minimum absolute atomic E-state index is 0.149. The Hall–Kier alpha value is -2.94. The van der Waals surface area contributed by atoms with Gasteiger partial charge in [0, 0.05) is 10.6 Å². The van der Waals surface area contributed by atoms with Gasteiger partial charge in [-0.15, -0.1) is 0 Å². The first kappa shape index (κ1) is 23.7. The average molecular weight is 494 g/mol. The third-order valence-electron chi connectivity index (χ3n) is 4.37. The van der Waals surface area contributed by atoms with Crippen molar-refractivity contribution in [2.24, 2.45) is 5.10 Å². The molecule has 32 heavy (non-hydrogen) atoms. The van der Waals surface area contributed by atoms with Crippen LogP contribution in [0.4, 0.5) is 10.1 Å². The summed E-state index contributed by atoms with van der Waals surface area (Å²) < 4.78 is 40.6. The van der Waals surface area contributed by atoms with Crippen LogP contribution < -0.4 is 9.73 Å². The van der Waals surface area contributed by atoms with Crippen molar-refractivity contribution in [3.8, 4) is 0 Å². The highest BCUT2D eigenvalue weighted by Crippen LogP contribution is 2.24. The van der Waals surface area contributed by atoms with Crippen molar-refractivity contribution < 1.29 is 17.6 Å². The Morgan fingerprint density at radius 2 is 1.72 bits per heavy atom. The topological polar surface area (TPSA) is 78.8 Å². The van der Waals surface area contributed by atoms with Crippen LogP contribution in [0.5, 0.6) is 0 Å². The first-order chi connectivity index (χ1) is 15.2. The molecule has 166 valence electrons. The molecule has 0 saturated carbocycles. The summed E-state index contributed by atoms with van der Waals surface area (Å²) in [6.07, 6.45) is 1.32. The van der Waals surface area contributed by atoms with Crippen LogP contribution in [0.3, 0.4) is 0 Å². The minimum atomic E-state index is -4.15. The predicted molar refractivity (Wildman–Crippen MR) is 124 cm³/mol. The van der Waals surface area contributed by atoms with E-state index in [2.05, 4.69) is 10.5 Å². The second kappa shape index (κ2) is 10.1. The highest BCUT2D eigenvalue weighted by molar-refractivity contribution is 7.92. The zero-order valence-corrected chi connectivity index (χ0v) is 19.1. The molecule has 0 aliphatic heterocycles. The van der Waals surface area contributed by atoms with E-state index >= 15 is 0 Å². The zero-order valence-electron chi connectivity index (χ0n) is 16.8. The van der Waals surface area contributed by atoms with Crippen molar-refractivity contribution in [1.29, 1.82) is 0 Å². The Balaban J connectivity index is 1.83. The van der Waals surface area contributed by atoms with Gasteiger partial charge in [-0.1, -0.05) is 47.0 Å². The van der Waals surface area contributed by atoms with Gasteiger partial charge in [0.05, 0.1) is 21.8 Å². The number of hydrogen-bond donors (Lipinski definition) is 1. The fraction of sp³-hybridized carbons (Fsp3) is 0.0909. The Bertz CT molecular complexity index is 1250. The molecular formula is C22H18Cl2FN3O3S. The van der Waals surface area contributed by atoms with E-state index in [4.69, 9.17) is 23.2 Å². The molecule has 0 radical (unpaired) electrons. The predicted octanol–water partition coefficient (Wildman–Crippen LogP) is 4.79. The molecule has 0 aliphatic carbocycles. The third-order valence-corrected chi connectivity index (χ3v) is 6.72. The number of amides is 1. The highest BCUT2D eigenvalue weighted by atomic mass is 35.5. The number of sulfonamides is 1. The monoisotopic (exact) mass is 493 g/mol. The fourth-order valence-electron chi connectivity index (χ4n) is 2.71. The van der Waals surface area contributed by atoms with Crippen molar-refractivity contribution in [2.75, 3.05) is 10.8 Å². The molecule has 6 nitrogen and oxygen atoms in total. The fourth-order valence-corrected chi connectivity index (χ4v) is 4.58. The lowest BCUT2D eigenvalue weighted by Crippen LogP contribution is -2.39. The van der Waals surface area contributed by atoms with Crippen molar-refractivity contribution in [2.45, 2.75) is 11.8 Å². The van der Waals surface area contributed by atoms with Gasteiger partial charge < -0.3 is 0 Å². The third kappa shape index (κ3) is 5.85. The van der Waals surface area contributed by atoms with Gasteiger partial charge >= 0.3 is 0 Å². The molecule has 3 rings (SSSR count). The number of halogens is 3. The molecule has 0 atom stereocenters. The van der Waals surface area contributed by atoms with Crippen LogP contribution in [-0.2, 0) is 14.8 Å². The van der Waals surface area contributed by atoms with Crippen LogP contribution in [0.1, 0.15) is 11.1 Å². The number of benzene rings is 3. The number of carbonyl (C=O) groups is 1. The van der Waals surface area contributed by atoms with Gasteiger partial charge in [0.1, 0.15) is 12.4 Å². The lowest BCUT2D eigenvalue weighted by molar-refractivity contribution is -0.119. The summed E-state index contributed by atoms with van der Waals surface area (Å²) in [5.41, 5.74) is 4.01. The van der Waals surface area contributed by atoms with E-state index < -0.39 is 28.3 Å². The molecule has 0 spiro atoms. The van der Waals surface area contributed by atoms with E-state index in [1.807, 2.05) is 6.92 Å². The Morgan fingerprint density at radius 1 is 1.06 bits per heavy atom. The Kier molecular flexibility index (Phi) is 7.50. The van der Waals surface area contributed by atoms with Crippen LogP contribution in [0.15, 0.2) is 76.7 Å². The summed E-state index contributed by atoms with van der Waals surface area (Å²) in [5.74, 6) is -1.25.